The number of nitrogens with zero attached hydrogens (tertiary/aromatic N) is 6. The Morgan fingerprint density at radius 1 is 1.17 bits per heavy atom. The summed E-state index contributed by atoms with van der Waals surface area (Å²) in [5.41, 5.74) is 4.83. The Kier molecular flexibility index (Phi) is 5.37. The molecular weight excluding hydrogens is 464 g/mol. The number of imidazole rings is 1. The zero-order valence-corrected chi connectivity index (χ0v) is 20.2. The molecule has 0 bridgehead atoms. The maximum Gasteiger partial charge on any atom is 0.175 e. The van der Waals surface area contributed by atoms with Crippen LogP contribution >= 0.6 is 0 Å². The first kappa shape index (κ1) is 21.9. The lowest BCUT2D eigenvalue weighted by atomic mass is 9.85. The maximum atomic E-state index is 12.2. The number of hydrogen-bond donors (Lipinski definition) is 2. The molecule has 1 aliphatic rings. The predicted octanol–water partition coefficient (Wildman–Crippen LogP) is 2.81. The fourth-order valence-electron chi connectivity index (χ4n) is 4.50. The molecule has 10 nitrogen and oxygen atoms in total. The van der Waals surface area contributed by atoms with Crippen molar-refractivity contribution in [3.8, 4) is 11.3 Å². The molecule has 5 aromatic rings. The zero-order valence-electron chi connectivity index (χ0n) is 19.3. The summed E-state index contributed by atoms with van der Waals surface area (Å²) in [6, 6.07) is 7.34. The van der Waals surface area contributed by atoms with Gasteiger partial charge in [-0.05, 0) is 49.1 Å². The van der Waals surface area contributed by atoms with Crippen molar-refractivity contribution in [1.82, 2.24) is 39.9 Å². The lowest BCUT2D eigenvalue weighted by Gasteiger charge is -2.25. The van der Waals surface area contributed by atoms with Crippen LogP contribution in [0.15, 0.2) is 53.9 Å². The van der Waals surface area contributed by atoms with E-state index >= 15 is 0 Å². The molecule has 4 aromatic heterocycles. The molecule has 4 heterocycles. The van der Waals surface area contributed by atoms with E-state index in [4.69, 9.17) is 4.98 Å². The first-order chi connectivity index (χ1) is 16.9. The largest absolute Gasteiger partial charge is 0.312 e. The van der Waals surface area contributed by atoms with Crippen LogP contribution < -0.4 is 5.32 Å². The highest BCUT2D eigenvalue weighted by molar-refractivity contribution is 7.90. The van der Waals surface area contributed by atoms with E-state index in [1.54, 1.807) is 29.2 Å². The van der Waals surface area contributed by atoms with Crippen LogP contribution in [-0.2, 0) is 22.9 Å². The highest BCUT2D eigenvalue weighted by atomic mass is 32.2. The molecule has 1 saturated carbocycles. The van der Waals surface area contributed by atoms with Gasteiger partial charge in [-0.15, -0.1) is 5.10 Å². The number of hydrogen-bond acceptors (Lipinski definition) is 7. The van der Waals surface area contributed by atoms with Crippen molar-refractivity contribution in [2.24, 2.45) is 5.92 Å². The molecule has 1 aliphatic carbocycles. The van der Waals surface area contributed by atoms with Crippen LogP contribution in [0.4, 0.5) is 0 Å². The molecular formula is C24H26N8O2S. The number of fused-ring (bicyclic) bond motifs is 2. The first-order valence-electron chi connectivity index (χ1n) is 11.7. The summed E-state index contributed by atoms with van der Waals surface area (Å²) in [6.07, 6.45) is 12.8. The minimum absolute atomic E-state index is 0.206. The van der Waals surface area contributed by atoms with E-state index < -0.39 is 9.84 Å². The fraction of sp³-hybridized carbons (Fsp3) is 0.333. The summed E-state index contributed by atoms with van der Waals surface area (Å²) in [5.74, 6) is 0.838. The molecule has 11 heteroatoms. The van der Waals surface area contributed by atoms with Gasteiger partial charge in [-0.3, -0.25) is 5.10 Å². The minimum atomic E-state index is -3.39. The lowest BCUT2D eigenvalue weighted by Crippen LogP contribution is -2.26. The third kappa shape index (κ3) is 4.44. The number of rotatable bonds is 8. The van der Waals surface area contributed by atoms with Crippen LogP contribution in [0.1, 0.15) is 30.5 Å². The van der Waals surface area contributed by atoms with Gasteiger partial charge in [0.05, 0.1) is 35.0 Å². The van der Waals surface area contributed by atoms with Crippen molar-refractivity contribution in [1.29, 1.82) is 0 Å². The number of aromatic amines is 1. The average Bonchev–Trinajstić information content (AvgIpc) is 3.53. The molecule has 0 radical (unpaired) electrons. The Bertz CT molecular complexity index is 1630. The van der Waals surface area contributed by atoms with Gasteiger partial charge in [0.1, 0.15) is 11.3 Å². The molecule has 1 fully saturated rings. The number of benzene rings is 1. The Morgan fingerprint density at radius 2 is 2.06 bits per heavy atom. The van der Waals surface area contributed by atoms with Crippen LogP contribution in [0, 0.1) is 5.92 Å². The second kappa shape index (κ2) is 8.58. The normalized spacial score (nSPS) is 14.7. The second-order valence-electron chi connectivity index (χ2n) is 9.34. The van der Waals surface area contributed by atoms with Crippen molar-refractivity contribution in [3.63, 3.8) is 0 Å². The minimum Gasteiger partial charge on any atom is -0.312 e. The monoisotopic (exact) mass is 490 g/mol. The quantitative estimate of drug-likeness (QED) is 0.343. The van der Waals surface area contributed by atoms with E-state index in [9.17, 15) is 8.42 Å². The van der Waals surface area contributed by atoms with Crippen LogP contribution in [-0.4, -0.2) is 55.8 Å². The number of aromatic nitrogens is 7. The number of sulfone groups is 1. The molecule has 0 unspecified atom stereocenters. The van der Waals surface area contributed by atoms with Crippen LogP contribution in [0.3, 0.4) is 0 Å². The van der Waals surface area contributed by atoms with E-state index in [0.29, 0.717) is 23.3 Å². The van der Waals surface area contributed by atoms with E-state index in [1.165, 1.54) is 31.1 Å². The third-order valence-electron chi connectivity index (χ3n) is 6.65. The summed E-state index contributed by atoms with van der Waals surface area (Å²) in [7, 11) is -3.39. The van der Waals surface area contributed by atoms with Crippen molar-refractivity contribution < 1.29 is 8.42 Å². The van der Waals surface area contributed by atoms with Crippen molar-refractivity contribution in [3.05, 3.63) is 60.3 Å². The van der Waals surface area contributed by atoms with Gasteiger partial charge in [0.15, 0.2) is 9.84 Å². The Balaban J connectivity index is 1.22. The topological polar surface area (TPSA) is 123 Å². The molecule has 0 amide bonds. The first-order valence-corrected chi connectivity index (χ1v) is 13.6. The van der Waals surface area contributed by atoms with Gasteiger partial charge in [0.2, 0.25) is 0 Å². The van der Waals surface area contributed by atoms with E-state index in [-0.39, 0.29) is 4.90 Å². The number of H-pyrrole nitrogens is 1. The SMILES string of the molecule is CS(=O)(=O)c1cc(-c2cn(Cc3cn4cc(CNCC5CCC5)ccc4n3)nn2)c2cn[nH]c2c1. The van der Waals surface area contributed by atoms with E-state index in [1.807, 2.05) is 16.7 Å². The van der Waals surface area contributed by atoms with Crippen LogP contribution in [0.2, 0.25) is 0 Å². The molecule has 0 aliphatic heterocycles. The van der Waals surface area contributed by atoms with Gasteiger partial charge in [-0.1, -0.05) is 17.7 Å². The van der Waals surface area contributed by atoms with Crippen LogP contribution in [0.25, 0.3) is 27.8 Å². The summed E-state index contributed by atoms with van der Waals surface area (Å²) >= 11 is 0. The molecule has 180 valence electrons. The maximum absolute atomic E-state index is 12.2. The molecule has 2 N–H and O–H groups in total. The van der Waals surface area contributed by atoms with Gasteiger partial charge in [0.25, 0.3) is 0 Å². The van der Waals surface area contributed by atoms with Crippen molar-refractivity contribution >= 4 is 26.4 Å². The third-order valence-corrected chi connectivity index (χ3v) is 7.74. The Labute approximate surface area is 202 Å². The predicted molar refractivity (Wildman–Crippen MR) is 132 cm³/mol. The molecule has 0 spiro atoms. The molecule has 0 saturated heterocycles. The highest BCUT2D eigenvalue weighted by Gasteiger charge is 2.17. The van der Waals surface area contributed by atoms with Gasteiger partial charge in [0, 0.05) is 36.1 Å². The Morgan fingerprint density at radius 3 is 2.86 bits per heavy atom. The van der Waals surface area contributed by atoms with Crippen molar-refractivity contribution in [2.45, 2.75) is 37.2 Å². The van der Waals surface area contributed by atoms with E-state index in [0.717, 1.165) is 35.7 Å². The highest BCUT2D eigenvalue weighted by Crippen LogP contribution is 2.29. The van der Waals surface area contributed by atoms with Crippen molar-refractivity contribution in [2.75, 3.05) is 12.8 Å². The number of nitrogens with one attached hydrogen (secondary N) is 2. The average molecular weight is 491 g/mol. The lowest BCUT2D eigenvalue weighted by molar-refractivity contribution is 0.301. The second-order valence-corrected chi connectivity index (χ2v) is 11.4. The summed E-state index contributed by atoms with van der Waals surface area (Å²) in [5, 5.41) is 19.8. The zero-order chi connectivity index (χ0) is 24.0. The van der Waals surface area contributed by atoms with Gasteiger partial charge >= 0.3 is 0 Å². The standard InChI is InChI=1S/C24H26N8O2S/c1-35(33,34)19-7-20(21-11-26-28-22(21)8-19)23-15-32(30-29-23)14-18-13-31-12-17(5-6-24(31)27-18)10-25-9-16-3-2-4-16/h5-8,11-13,15-16,25H,2-4,9-10,14H2,1H3,(H,26,28). The molecule has 1 aromatic carbocycles. The number of pyridine rings is 1. The summed E-state index contributed by atoms with van der Waals surface area (Å²) in [6.45, 7) is 2.38. The van der Waals surface area contributed by atoms with E-state index in [2.05, 4.69) is 38.1 Å². The smallest absolute Gasteiger partial charge is 0.175 e. The van der Waals surface area contributed by atoms with Crippen LogP contribution in [0.5, 0.6) is 0 Å². The molecule has 6 rings (SSSR count). The van der Waals surface area contributed by atoms with Gasteiger partial charge < -0.3 is 9.72 Å². The fourth-order valence-corrected chi connectivity index (χ4v) is 5.17. The van der Waals surface area contributed by atoms with Gasteiger partial charge in [-0.2, -0.15) is 5.10 Å². The summed E-state index contributed by atoms with van der Waals surface area (Å²) < 4.78 is 28.0. The summed E-state index contributed by atoms with van der Waals surface area (Å²) in [4.78, 5) is 4.92. The van der Waals surface area contributed by atoms with Gasteiger partial charge in [-0.25, -0.2) is 18.1 Å². The molecule has 0 atom stereocenters. The molecule has 35 heavy (non-hydrogen) atoms. The Hall–Kier alpha value is -3.57.